The number of carbonyl (C=O) groups is 1. The molecule has 0 radical (unpaired) electrons. The molecule has 0 heterocycles. The van der Waals surface area contributed by atoms with Crippen LogP contribution in [0.1, 0.15) is 226 Å². The molecule has 69 heavy (non-hydrogen) atoms. The molecule has 1 amide bonds. The molecule has 0 aromatic rings. The van der Waals surface area contributed by atoms with Gasteiger partial charge >= 0.3 is 0 Å². The molecule has 0 aromatic carbocycles. The number of phosphoric acid groups is 1. The van der Waals surface area contributed by atoms with Crippen molar-refractivity contribution < 1.29 is 32.9 Å². The molecule has 0 bridgehead atoms. The minimum Gasteiger partial charge on any atom is -0.756 e. The SMILES string of the molecule is CC/C=C\C/C=C\C/C=C\C/C=C\C/C=C\CCCCCCCCCCCC(=O)NC(COP(=O)([O-])OCC[N+](C)(C)C)C(O)/C=C/CC/C=C/CC/C=C/CCCCCCCCCCCCCC. The first-order valence-corrected chi connectivity index (χ1v) is 29.6. The Hall–Kier alpha value is -2.58. The van der Waals surface area contributed by atoms with E-state index in [0.29, 0.717) is 17.4 Å². The number of quaternary nitrogens is 1. The quantitative estimate of drug-likeness (QED) is 0.0272. The molecule has 0 aliphatic heterocycles. The number of nitrogens with zero attached hydrogens (tertiary/aromatic N) is 1. The predicted octanol–water partition coefficient (Wildman–Crippen LogP) is 16.4. The highest BCUT2D eigenvalue weighted by atomic mass is 31.2. The normalized spacial score (nSPS) is 14.7. The van der Waals surface area contributed by atoms with Crippen LogP contribution in [0.4, 0.5) is 0 Å². The van der Waals surface area contributed by atoms with E-state index in [1.165, 1.54) is 116 Å². The monoisotopic (exact) mass is 983 g/mol. The van der Waals surface area contributed by atoms with Gasteiger partial charge in [-0.3, -0.25) is 9.36 Å². The number of aliphatic hydroxyl groups is 1. The topological polar surface area (TPSA) is 108 Å². The summed E-state index contributed by atoms with van der Waals surface area (Å²) < 4.78 is 23.3. The molecular formula is C60H107N2O6P. The molecule has 8 nitrogen and oxygen atoms in total. The van der Waals surface area contributed by atoms with Gasteiger partial charge in [-0.2, -0.15) is 0 Å². The number of hydrogen-bond acceptors (Lipinski definition) is 6. The van der Waals surface area contributed by atoms with E-state index in [4.69, 9.17) is 9.05 Å². The van der Waals surface area contributed by atoms with Crippen molar-refractivity contribution in [2.75, 3.05) is 40.9 Å². The molecule has 0 fully saturated rings. The number of unbranched alkanes of at least 4 members (excludes halogenated alkanes) is 23. The van der Waals surface area contributed by atoms with Gasteiger partial charge < -0.3 is 28.8 Å². The summed E-state index contributed by atoms with van der Waals surface area (Å²) in [5.74, 6) is -0.221. The second kappa shape index (κ2) is 50.4. The Morgan fingerprint density at radius 3 is 1.35 bits per heavy atom. The molecule has 0 aliphatic rings. The van der Waals surface area contributed by atoms with E-state index in [2.05, 4.69) is 104 Å². The summed E-state index contributed by atoms with van der Waals surface area (Å²) in [7, 11) is 1.22. The zero-order valence-corrected chi connectivity index (χ0v) is 46.1. The molecule has 0 saturated heterocycles. The number of rotatable bonds is 50. The number of allylic oxidation sites excluding steroid dienone is 15. The molecule has 398 valence electrons. The van der Waals surface area contributed by atoms with E-state index >= 15 is 0 Å². The van der Waals surface area contributed by atoms with Crippen LogP contribution in [0, 0.1) is 0 Å². The van der Waals surface area contributed by atoms with Crippen LogP contribution in [0.15, 0.2) is 97.2 Å². The molecule has 0 saturated carbocycles. The highest BCUT2D eigenvalue weighted by Gasteiger charge is 2.23. The van der Waals surface area contributed by atoms with E-state index in [-0.39, 0.29) is 12.5 Å². The zero-order valence-electron chi connectivity index (χ0n) is 45.2. The van der Waals surface area contributed by atoms with Crippen LogP contribution in [0.2, 0.25) is 0 Å². The van der Waals surface area contributed by atoms with E-state index in [1.807, 2.05) is 27.2 Å². The molecule has 0 aromatic heterocycles. The first-order valence-electron chi connectivity index (χ1n) is 28.1. The van der Waals surface area contributed by atoms with Crippen molar-refractivity contribution in [3.63, 3.8) is 0 Å². The van der Waals surface area contributed by atoms with Gasteiger partial charge in [0.2, 0.25) is 5.91 Å². The summed E-state index contributed by atoms with van der Waals surface area (Å²) >= 11 is 0. The first kappa shape index (κ1) is 66.4. The van der Waals surface area contributed by atoms with Crippen molar-refractivity contribution in [2.45, 2.75) is 238 Å². The third-order valence-electron chi connectivity index (χ3n) is 12.0. The lowest BCUT2D eigenvalue weighted by molar-refractivity contribution is -0.870. The number of nitrogens with one attached hydrogen (secondary N) is 1. The van der Waals surface area contributed by atoms with Crippen LogP contribution in [-0.4, -0.2) is 68.5 Å². The molecule has 0 rings (SSSR count). The largest absolute Gasteiger partial charge is 0.756 e. The fraction of sp³-hybridized carbons (Fsp3) is 0.717. The second-order valence-electron chi connectivity index (χ2n) is 19.9. The maximum Gasteiger partial charge on any atom is 0.268 e. The average molecular weight is 983 g/mol. The molecule has 0 aliphatic carbocycles. The van der Waals surface area contributed by atoms with Gasteiger partial charge in [0, 0.05) is 6.42 Å². The van der Waals surface area contributed by atoms with Gasteiger partial charge in [0.25, 0.3) is 7.82 Å². The fourth-order valence-corrected chi connectivity index (χ4v) is 8.35. The van der Waals surface area contributed by atoms with Gasteiger partial charge in [-0.1, -0.05) is 227 Å². The van der Waals surface area contributed by atoms with E-state index in [0.717, 1.165) is 89.9 Å². The molecular weight excluding hydrogens is 876 g/mol. The zero-order chi connectivity index (χ0) is 50.6. The van der Waals surface area contributed by atoms with Crippen LogP contribution < -0.4 is 10.2 Å². The summed E-state index contributed by atoms with van der Waals surface area (Å²) in [5.41, 5.74) is 0. The van der Waals surface area contributed by atoms with E-state index in [9.17, 15) is 19.4 Å². The predicted molar refractivity (Wildman–Crippen MR) is 297 cm³/mol. The first-order chi connectivity index (χ1) is 33.5. The van der Waals surface area contributed by atoms with Crippen molar-refractivity contribution in [1.29, 1.82) is 0 Å². The Morgan fingerprint density at radius 1 is 0.522 bits per heavy atom. The van der Waals surface area contributed by atoms with Gasteiger partial charge in [0.15, 0.2) is 0 Å². The Bertz CT molecular complexity index is 1440. The lowest BCUT2D eigenvalue weighted by Gasteiger charge is -2.29. The minimum absolute atomic E-state index is 0.0150. The van der Waals surface area contributed by atoms with Crippen LogP contribution in [0.25, 0.3) is 0 Å². The van der Waals surface area contributed by atoms with Crippen molar-refractivity contribution in [1.82, 2.24) is 5.32 Å². The second-order valence-corrected chi connectivity index (χ2v) is 21.3. The Morgan fingerprint density at radius 2 is 0.899 bits per heavy atom. The number of hydrogen-bond donors (Lipinski definition) is 2. The van der Waals surface area contributed by atoms with Gasteiger partial charge in [-0.15, -0.1) is 0 Å². The van der Waals surface area contributed by atoms with Gasteiger partial charge in [-0.05, 0) is 89.9 Å². The standard InChI is InChI=1S/C60H107N2O6P/c1-6-8-10-12-14-16-18-20-22-24-26-28-30-31-32-34-36-38-40-42-44-46-48-50-52-54-60(64)61-58(57-68-69(65,66)67-56-55-62(3,4)5)59(63)53-51-49-47-45-43-41-39-37-35-33-29-27-25-23-21-19-17-15-13-11-9-7-2/h8,10,14,16,20,22,26,28,31-32,35,37,43,45,51,53,58-59,63H,6-7,9,11-13,15,17-19,21,23-25,27,29-30,33-34,36,38-42,44,46-50,52,54-57H2,1-5H3,(H-,61,64,65,66)/b10-8-,16-14-,22-20-,28-26-,32-31-,37-35+,45-43+,53-51+. The van der Waals surface area contributed by atoms with Crippen molar-refractivity contribution in [3.8, 4) is 0 Å². The molecule has 3 unspecified atom stereocenters. The fourth-order valence-electron chi connectivity index (χ4n) is 7.62. The Balaban J connectivity index is 4.35. The summed E-state index contributed by atoms with van der Waals surface area (Å²) in [6.07, 6.45) is 71.9. The third-order valence-corrected chi connectivity index (χ3v) is 13.0. The maximum absolute atomic E-state index is 13.0. The summed E-state index contributed by atoms with van der Waals surface area (Å²) in [5, 5.41) is 13.9. The van der Waals surface area contributed by atoms with Crippen molar-refractivity contribution in [3.05, 3.63) is 97.2 Å². The van der Waals surface area contributed by atoms with Crippen LogP contribution in [0.3, 0.4) is 0 Å². The van der Waals surface area contributed by atoms with Crippen LogP contribution in [0.5, 0.6) is 0 Å². The smallest absolute Gasteiger partial charge is 0.268 e. The van der Waals surface area contributed by atoms with Crippen LogP contribution >= 0.6 is 7.82 Å². The van der Waals surface area contributed by atoms with Gasteiger partial charge in [0.1, 0.15) is 13.2 Å². The number of carbonyl (C=O) groups excluding carboxylic acids is 1. The molecule has 9 heteroatoms. The highest BCUT2D eigenvalue weighted by Crippen LogP contribution is 2.38. The molecule has 0 spiro atoms. The van der Waals surface area contributed by atoms with Crippen molar-refractivity contribution in [2.24, 2.45) is 0 Å². The highest BCUT2D eigenvalue weighted by molar-refractivity contribution is 7.45. The Kier molecular flexibility index (Phi) is 48.5. The summed E-state index contributed by atoms with van der Waals surface area (Å²) in [6.45, 7) is 4.50. The van der Waals surface area contributed by atoms with Gasteiger partial charge in [-0.25, -0.2) is 0 Å². The number of likely N-dealkylation sites (N-methyl/N-ethyl adjacent to an activating group) is 1. The third kappa shape index (κ3) is 53.1. The number of phosphoric ester groups is 1. The van der Waals surface area contributed by atoms with Crippen LogP contribution in [-0.2, 0) is 18.4 Å². The van der Waals surface area contributed by atoms with E-state index < -0.39 is 26.6 Å². The molecule has 3 atom stereocenters. The number of aliphatic hydroxyl groups excluding tert-OH is 1. The lowest BCUT2D eigenvalue weighted by Crippen LogP contribution is -2.45. The Labute approximate surface area is 426 Å². The lowest BCUT2D eigenvalue weighted by atomic mass is 10.0. The average Bonchev–Trinajstić information content (AvgIpc) is 3.31. The molecule has 2 N–H and O–H groups in total. The van der Waals surface area contributed by atoms with Gasteiger partial charge in [0.05, 0.1) is 39.9 Å². The number of amides is 1. The summed E-state index contributed by atoms with van der Waals surface area (Å²) in [6, 6.07) is -0.920. The maximum atomic E-state index is 13.0. The van der Waals surface area contributed by atoms with E-state index in [1.54, 1.807) is 6.08 Å². The minimum atomic E-state index is -4.62. The summed E-state index contributed by atoms with van der Waals surface area (Å²) in [4.78, 5) is 25.5. The van der Waals surface area contributed by atoms with Crippen molar-refractivity contribution >= 4 is 13.7 Å².